The minimum Gasteiger partial charge on any atom is -0.493 e. The van der Waals surface area contributed by atoms with Crippen LogP contribution in [0.5, 0.6) is 11.5 Å². The highest BCUT2D eigenvalue weighted by molar-refractivity contribution is 8.16. The van der Waals surface area contributed by atoms with Crippen LogP contribution in [0.4, 0.5) is 0 Å². The van der Waals surface area contributed by atoms with Gasteiger partial charge in [-0.25, -0.2) is 4.79 Å². The van der Waals surface area contributed by atoms with Gasteiger partial charge in [-0.2, -0.15) is 0 Å². The van der Waals surface area contributed by atoms with E-state index in [2.05, 4.69) is 56.4 Å². The Hall–Kier alpha value is -1.59. The number of esters is 1. The molecule has 3 nitrogen and oxygen atoms in total. The van der Waals surface area contributed by atoms with Gasteiger partial charge in [0.05, 0.1) is 16.8 Å². The highest BCUT2D eigenvalue weighted by atomic mass is 32.2. The molecule has 1 heterocycles. The van der Waals surface area contributed by atoms with Gasteiger partial charge in [0.15, 0.2) is 0 Å². The van der Waals surface area contributed by atoms with E-state index < -0.39 is 0 Å². The summed E-state index contributed by atoms with van der Waals surface area (Å²) in [4.78, 5) is 12.6. The van der Waals surface area contributed by atoms with Crippen LogP contribution in [0.1, 0.15) is 112 Å². The first kappa shape index (κ1) is 30.9. The molecule has 0 bridgehead atoms. The monoisotopic (exact) mass is 556 g/mol. The number of hydrogen-bond donors (Lipinski definition) is 0. The van der Waals surface area contributed by atoms with Gasteiger partial charge in [-0.15, -0.1) is 23.5 Å². The molecule has 0 N–H and O–H groups in total. The molecule has 5 heteroatoms. The fourth-order valence-electron chi connectivity index (χ4n) is 4.55. The molecule has 0 spiro atoms. The molecule has 0 aliphatic carbocycles. The largest absolute Gasteiger partial charge is 0.493 e. The predicted molar refractivity (Wildman–Crippen MR) is 166 cm³/mol. The topological polar surface area (TPSA) is 35.5 Å². The Morgan fingerprint density at radius 2 is 1.39 bits per heavy atom. The average molecular weight is 557 g/mol. The summed E-state index contributed by atoms with van der Waals surface area (Å²) in [5, 5.41) is 0. The van der Waals surface area contributed by atoms with Crippen LogP contribution >= 0.6 is 23.5 Å². The molecule has 0 amide bonds. The van der Waals surface area contributed by atoms with Gasteiger partial charge in [0.1, 0.15) is 11.5 Å². The van der Waals surface area contributed by atoms with E-state index in [0.717, 1.165) is 18.1 Å². The summed E-state index contributed by atoms with van der Waals surface area (Å²) in [5.41, 5.74) is 1.84. The van der Waals surface area contributed by atoms with Crippen LogP contribution in [0.2, 0.25) is 0 Å². The third kappa shape index (κ3) is 11.3. The Bertz CT molecular complexity index is 905. The molecule has 210 valence electrons. The Morgan fingerprint density at radius 1 is 0.816 bits per heavy atom. The maximum Gasteiger partial charge on any atom is 0.343 e. The van der Waals surface area contributed by atoms with Crippen molar-refractivity contribution in [1.29, 1.82) is 0 Å². The van der Waals surface area contributed by atoms with Crippen molar-refractivity contribution in [2.45, 2.75) is 96.0 Å². The molecule has 2 aromatic carbocycles. The molecule has 38 heavy (non-hydrogen) atoms. The second kappa shape index (κ2) is 17.9. The number of benzene rings is 2. The number of rotatable bonds is 17. The number of unbranched alkanes of at least 4 members (excludes halogenated alkanes) is 8. The van der Waals surface area contributed by atoms with Crippen LogP contribution in [0.15, 0.2) is 48.5 Å². The van der Waals surface area contributed by atoms with Crippen molar-refractivity contribution in [3.05, 3.63) is 59.7 Å². The number of ether oxygens (including phenoxy) is 2. The van der Waals surface area contributed by atoms with E-state index in [9.17, 15) is 4.79 Å². The van der Waals surface area contributed by atoms with E-state index in [1.54, 1.807) is 12.1 Å². The van der Waals surface area contributed by atoms with E-state index in [1.165, 1.54) is 81.3 Å². The quantitative estimate of drug-likeness (QED) is 0.110. The maximum absolute atomic E-state index is 12.6. The molecule has 1 saturated heterocycles. The maximum atomic E-state index is 12.6. The predicted octanol–water partition coefficient (Wildman–Crippen LogP) is 10.3. The fourth-order valence-corrected chi connectivity index (χ4v) is 7.72. The average Bonchev–Trinajstić information content (AvgIpc) is 2.96. The standard InChI is InChI=1S/C33H48O3S2/c1-4-6-7-8-9-10-11-12-13-14-27-24-37-33(38-25-27)29-17-21-31(22-18-29)36-32(34)28-15-19-30(20-16-28)35-23-26(3)5-2/h15-22,26-27,33H,4-14,23-25H2,1-3H3. The van der Waals surface area contributed by atoms with Crippen LogP contribution in [0, 0.1) is 11.8 Å². The van der Waals surface area contributed by atoms with E-state index in [4.69, 9.17) is 9.47 Å². The summed E-state index contributed by atoms with van der Waals surface area (Å²) in [6.45, 7) is 7.29. The summed E-state index contributed by atoms with van der Waals surface area (Å²) in [6, 6.07) is 15.3. The summed E-state index contributed by atoms with van der Waals surface area (Å²) in [5.74, 6) is 4.89. The van der Waals surface area contributed by atoms with Gasteiger partial charge in [0.25, 0.3) is 0 Å². The van der Waals surface area contributed by atoms with Crippen LogP contribution in [-0.4, -0.2) is 24.1 Å². The molecule has 2 aromatic rings. The molecule has 1 aliphatic rings. The zero-order valence-corrected chi connectivity index (χ0v) is 25.4. The summed E-state index contributed by atoms with van der Waals surface area (Å²) in [6.07, 6.45) is 15.1. The van der Waals surface area contributed by atoms with Gasteiger partial charge in [-0.3, -0.25) is 0 Å². The zero-order valence-electron chi connectivity index (χ0n) is 23.8. The van der Waals surface area contributed by atoms with E-state index in [-0.39, 0.29) is 5.97 Å². The first-order chi connectivity index (χ1) is 18.6. The van der Waals surface area contributed by atoms with Crippen molar-refractivity contribution >= 4 is 29.5 Å². The third-order valence-corrected chi connectivity index (χ3v) is 10.7. The minimum absolute atomic E-state index is 0.341. The molecular weight excluding hydrogens is 508 g/mol. The molecule has 1 aliphatic heterocycles. The SMILES string of the molecule is CCCCCCCCCCCC1CSC(c2ccc(OC(=O)c3ccc(OCC(C)CC)cc3)cc2)SC1. The number of hydrogen-bond acceptors (Lipinski definition) is 5. The fraction of sp³-hybridized carbons (Fsp3) is 0.606. The molecule has 1 atom stereocenters. The van der Waals surface area contributed by atoms with E-state index in [0.29, 0.717) is 28.4 Å². The molecule has 0 saturated carbocycles. The molecule has 1 fully saturated rings. The molecular formula is C33H48O3S2. The first-order valence-electron chi connectivity index (χ1n) is 14.9. The molecule has 3 rings (SSSR count). The number of thioether (sulfide) groups is 2. The minimum atomic E-state index is -0.341. The second-order valence-electron chi connectivity index (χ2n) is 10.8. The van der Waals surface area contributed by atoms with Crippen LogP contribution < -0.4 is 9.47 Å². The zero-order chi connectivity index (χ0) is 27.0. The van der Waals surface area contributed by atoms with Gasteiger partial charge in [0.2, 0.25) is 0 Å². The number of carbonyl (C=O) groups is 1. The lowest BCUT2D eigenvalue weighted by molar-refractivity contribution is 0.0734. The highest BCUT2D eigenvalue weighted by Gasteiger charge is 2.23. The molecule has 0 aromatic heterocycles. The van der Waals surface area contributed by atoms with Crippen molar-refractivity contribution in [3.8, 4) is 11.5 Å². The van der Waals surface area contributed by atoms with Crippen molar-refractivity contribution in [1.82, 2.24) is 0 Å². The third-order valence-electron chi connectivity index (χ3n) is 7.37. The molecule has 0 radical (unpaired) electrons. The Kier molecular flexibility index (Phi) is 14.6. The lowest BCUT2D eigenvalue weighted by atomic mass is 10.0. The summed E-state index contributed by atoms with van der Waals surface area (Å²) < 4.78 is 11.9. The smallest absolute Gasteiger partial charge is 0.343 e. The summed E-state index contributed by atoms with van der Waals surface area (Å²) in [7, 11) is 0. The summed E-state index contributed by atoms with van der Waals surface area (Å²) >= 11 is 4.14. The van der Waals surface area contributed by atoms with Crippen LogP contribution in [0.3, 0.4) is 0 Å². The molecule has 1 unspecified atom stereocenters. The highest BCUT2D eigenvalue weighted by Crippen LogP contribution is 2.46. The van der Waals surface area contributed by atoms with Gasteiger partial charge in [0, 0.05) is 0 Å². The van der Waals surface area contributed by atoms with Crippen molar-refractivity contribution in [2.24, 2.45) is 11.8 Å². The van der Waals surface area contributed by atoms with Gasteiger partial charge in [-0.05, 0) is 71.7 Å². The normalized spacial score (nSPS) is 18.2. The first-order valence-corrected chi connectivity index (χ1v) is 17.0. The van der Waals surface area contributed by atoms with Crippen molar-refractivity contribution < 1.29 is 14.3 Å². The Morgan fingerprint density at radius 3 is 2.00 bits per heavy atom. The van der Waals surface area contributed by atoms with Gasteiger partial charge >= 0.3 is 5.97 Å². The number of carbonyl (C=O) groups excluding carboxylic acids is 1. The van der Waals surface area contributed by atoms with Crippen molar-refractivity contribution in [3.63, 3.8) is 0 Å². The van der Waals surface area contributed by atoms with E-state index >= 15 is 0 Å². The second-order valence-corrected chi connectivity index (χ2v) is 13.4. The van der Waals surface area contributed by atoms with E-state index in [1.807, 2.05) is 24.3 Å². The van der Waals surface area contributed by atoms with Gasteiger partial charge in [-0.1, -0.05) is 97.1 Å². The Balaban J connectivity index is 1.32. The van der Waals surface area contributed by atoms with Gasteiger partial charge < -0.3 is 9.47 Å². The van der Waals surface area contributed by atoms with Crippen LogP contribution in [0.25, 0.3) is 0 Å². The Labute approximate surface area is 240 Å². The lowest BCUT2D eigenvalue weighted by Gasteiger charge is -2.28. The van der Waals surface area contributed by atoms with Crippen molar-refractivity contribution in [2.75, 3.05) is 18.1 Å². The lowest BCUT2D eigenvalue weighted by Crippen LogP contribution is -2.14. The van der Waals surface area contributed by atoms with Crippen LogP contribution in [-0.2, 0) is 0 Å².